The fourth-order valence-corrected chi connectivity index (χ4v) is 3.35. The summed E-state index contributed by atoms with van der Waals surface area (Å²) in [5.74, 6) is 0.570. The number of amides is 1. The summed E-state index contributed by atoms with van der Waals surface area (Å²) in [5.41, 5.74) is 1.62. The average molecular weight is 460 g/mol. The van der Waals surface area contributed by atoms with Crippen molar-refractivity contribution in [1.82, 2.24) is 20.2 Å². The van der Waals surface area contributed by atoms with Gasteiger partial charge in [-0.25, -0.2) is 14.7 Å². The number of nitrogens with zero attached hydrogens (tertiary/aromatic N) is 2. The van der Waals surface area contributed by atoms with Crippen molar-refractivity contribution in [1.29, 1.82) is 0 Å². The highest BCUT2D eigenvalue weighted by Crippen LogP contribution is 2.23. The van der Waals surface area contributed by atoms with Crippen LogP contribution in [0.1, 0.15) is 36.8 Å². The molecule has 11 heteroatoms. The van der Waals surface area contributed by atoms with Crippen molar-refractivity contribution in [2.75, 3.05) is 6.54 Å². The van der Waals surface area contributed by atoms with Crippen molar-refractivity contribution in [2.24, 2.45) is 5.14 Å². The Kier molecular flexibility index (Phi) is 8.31. The van der Waals surface area contributed by atoms with E-state index in [1.807, 2.05) is 60.7 Å². The van der Waals surface area contributed by atoms with E-state index >= 15 is 0 Å². The lowest BCUT2D eigenvalue weighted by Crippen LogP contribution is -2.32. The third-order valence-corrected chi connectivity index (χ3v) is 5.09. The van der Waals surface area contributed by atoms with Gasteiger partial charge in [-0.3, -0.25) is 0 Å². The van der Waals surface area contributed by atoms with Crippen molar-refractivity contribution in [3.8, 4) is 11.5 Å². The first-order valence-electron chi connectivity index (χ1n) is 10.0. The zero-order chi connectivity index (χ0) is 22.8. The fourth-order valence-electron chi connectivity index (χ4n) is 2.93. The number of hydrogen-bond acceptors (Lipinski definition) is 7. The number of alkyl carbamates (subject to hydrolysis) is 1. The monoisotopic (exact) mass is 459 g/mol. The van der Waals surface area contributed by atoms with Crippen molar-refractivity contribution in [2.45, 2.75) is 31.9 Å². The molecule has 32 heavy (non-hydrogen) atoms. The van der Waals surface area contributed by atoms with Crippen molar-refractivity contribution in [3.63, 3.8) is 0 Å². The maximum absolute atomic E-state index is 12.4. The van der Waals surface area contributed by atoms with Gasteiger partial charge in [-0.05, 0) is 37.0 Å². The number of carbonyl (C=O) groups excluding carboxylic acids is 1. The van der Waals surface area contributed by atoms with Crippen molar-refractivity contribution < 1.29 is 22.4 Å². The van der Waals surface area contributed by atoms with Gasteiger partial charge < -0.3 is 14.5 Å². The number of benzene rings is 2. The van der Waals surface area contributed by atoms with Gasteiger partial charge in [0.2, 0.25) is 11.8 Å². The Morgan fingerprint density at radius 2 is 1.72 bits per heavy atom. The Hall–Kier alpha value is -3.28. The van der Waals surface area contributed by atoms with E-state index in [1.54, 1.807) is 0 Å². The van der Waals surface area contributed by atoms with Gasteiger partial charge in [0.15, 0.2) is 0 Å². The van der Waals surface area contributed by atoms with Gasteiger partial charge in [-0.2, -0.15) is 8.42 Å². The molecule has 0 saturated carbocycles. The average Bonchev–Trinajstić information content (AvgIpc) is 3.27. The van der Waals surface area contributed by atoms with E-state index in [-0.39, 0.29) is 19.0 Å². The van der Waals surface area contributed by atoms with E-state index in [9.17, 15) is 13.2 Å². The van der Waals surface area contributed by atoms with E-state index in [4.69, 9.17) is 14.3 Å². The minimum absolute atomic E-state index is 0.122. The first-order valence-corrected chi connectivity index (χ1v) is 11.6. The molecule has 4 N–H and O–H groups in total. The molecular weight excluding hydrogens is 434 g/mol. The summed E-state index contributed by atoms with van der Waals surface area (Å²) in [6, 6.07) is 18.0. The summed E-state index contributed by atoms with van der Waals surface area (Å²) in [6.45, 7) is 0.305. The highest BCUT2D eigenvalue weighted by Gasteiger charge is 2.22. The Labute approximate surface area is 186 Å². The number of nitrogens with one attached hydrogen (secondary N) is 2. The van der Waals surface area contributed by atoms with Crippen LogP contribution < -0.4 is 15.2 Å². The Bertz CT molecular complexity index is 1090. The molecule has 3 aromatic rings. The van der Waals surface area contributed by atoms with Gasteiger partial charge in [-0.1, -0.05) is 48.5 Å². The van der Waals surface area contributed by atoms with Crippen LogP contribution >= 0.6 is 0 Å². The molecule has 0 bridgehead atoms. The predicted octanol–water partition coefficient (Wildman–Crippen LogP) is 2.67. The number of hydrogen-bond donors (Lipinski definition) is 3. The molecule has 1 atom stereocenters. The van der Waals surface area contributed by atoms with Crippen LogP contribution in [0.15, 0.2) is 65.1 Å². The first-order chi connectivity index (χ1) is 15.4. The van der Waals surface area contributed by atoms with Gasteiger partial charge in [-0.15, -0.1) is 10.2 Å². The van der Waals surface area contributed by atoms with Crippen LogP contribution in [0.5, 0.6) is 0 Å². The molecule has 0 saturated heterocycles. The van der Waals surface area contributed by atoms with E-state index in [0.29, 0.717) is 25.2 Å². The number of carbonyl (C=O) groups is 1. The topological polar surface area (TPSA) is 149 Å². The molecule has 1 aromatic heterocycles. The molecule has 170 valence electrons. The minimum Gasteiger partial charge on any atom is -0.445 e. The highest BCUT2D eigenvalue weighted by molar-refractivity contribution is 7.87. The largest absolute Gasteiger partial charge is 0.445 e. The summed E-state index contributed by atoms with van der Waals surface area (Å²) in [7, 11) is -3.74. The lowest BCUT2D eigenvalue weighted by Gasteiger charge is -2.15. The third-order valence-electron chi connectivity index (χ3n) is 4.49. The predicted molar refractivity (Wildman–Crippen MR) is 117 cm³/mol. The SMILES string of the molecule is NS(=O)(=O)NCCCC[C@H](NC(=O)OCc1ccccc1)c1nnc(-c2ccccc2)o1. The Morgan fingerprint density at radius 1 is 1.03 bits per heavy atom. The lowest BCUT2D eigenvalue weighted by atomic mass is 10.1. The second-order valence-corrected chi connectivity index (χ2v) is 8.38. The molecule has 0 fully saturated rings. The molecule has 2 aromatic carbocycles. The van der Waals surface area contributed by atoms with Gasteiger partial charge in [0.05, 0.1) is 0 Å². The number of aromatic nitrogens is 2. The summed E-state index contributed by atoms with van der Waals surface area (Å²) >= 11 is 0. The number of ether oxygens (including phenoxy) is 1. The molecule has 1 heterocycles. The highest BCUT2D eigenvalue weighted by atomic mass is 32.2. The van der Waals surface area contributed by atoms with Crippen LogP contribution in [-0.2, 0) is 21.6 Å². The molecule has 0 unspecified atom stereocenters. The lowest BCUT2D eigenvalue weighted by molar-refractivity contribution is 0.133. The van der Waals surface area contributed by atoms with E-state index in [2.05, 4.69) is 20.2 Å². The summed E-state index contributed by atoms with van der Waals surface area (Å²) in [5, 5.41) is 15.8. The van der Waals surface area contributed by atoms with Crippen molar-refractivity contribution >= 4 is 16.3 Å². The van der Waals surface area contributed by atoms with Crippen LogP contribution in [0.4, 0.5) is 4.79 Å². The molecule has 0 aliphatic rings. The number of rotatable bonds is 11. The van der Waals surface area contributed by atoms with Crippen LogP contribution in [0.2, 0.25) is 0 Å². The normalized spacial score (nSPS) is 12.3. The summed E-state index contributed by atoms with van der Waals surface area (Å²) < 4.78 is 35.3. The van der Waals surface area contributed by atoms with Gasteiger partial charge in [0.25, 0.3) is 10.2 Å². The van der Waals surface area contributed by atoms with Crippen LogP contribution in [0.25, 0.3) is 11.5 Å². The molecule has 0 aliphatic carbocycles. The fraction of sp³-hybridized carbons (Fsp3) is 0.286. The molecule has 0 spiro atoms. The maximum Gasteiger partial charge on any atom is 0.408 e. The quantitative estimate of drug-likeness (QED) is 0.373. The van der Waals surface area contributed by atoms with Crippen molar-refractivity contribution in [3.05, 3.63) is 72.1 Å². The van der Waals surface area contributed by atoms with Crippen LogP contribution in [0, 0.1) is 0 Å². The number of unbranched alkanes of at least 4 members (excludes halogenated alkanes) is 1. The standard InChI is InChI=1S/C21H25N5O5S/c22-32(28,29)23-14-8-7-13-18(24-21(27)30-15-16-9-3-1-4-10-16)20-26-25-19(31-20)17-11-5-2-6-12-17/h1-6,9-12,18,23H,7-8,13-15H2,(H,24,27)(H2,22,28,29)/t18-/m0/s1. The summed E-state index contributed by atoms with van der Waals surface area (Å²) in [6.07, 6.45) is 0.882. The van der Waals surface area contributed by atoms with Gasteiger partial charge >= 0.3 is 6.09 Å². The van der Waals surface area contributed by atoms with E-state index in [0.717, 1.165) is 11.1 Å². The van der Waals surface area contributed by atoms with Gasteiger partial charge in [0, 0.05) is 12.1 Å². The smallest absolute Gasteiger partial charge is 0.408 e. The minimum atomic E-state index is -3.74. The summed E-state index contributed by atoms with van der Waals surface area (Å²) in [4.78, 5) is 12.4. The van der Waals surface area contributed by atoms with E-state index in [1.165, 1.54) is 0 Å². The second-order valence-electron chi connectivity index (χ2n) is 7.01. The Morgan fingerprint density at radius 3 is 2.41 bits per heavy atom. The van der Waals surface area contributed by atoms with Crippen LogP contribution in [-0.4, -0.2) is 31.3 Å². The maximum atomic E-state index is 12.4. The van der Waals surface area contributed by atoms with Crippen LogP contribution in [0.3, 0.4) is 0 Å². The molecule has 0 radical (unpaired) electrons. The molecule has 10 nitrogen and oxygen atoms in total. The molecule has 3 rings (SSSR count). The zero-order valence-corrected chi connectivity index (χ0v) is 18.1. The zero-order valence-electron chi connectivity index (χ0n) is 17.3. The molecule has 0 aliphatic heterocycles. The van der Waals surface area contributed by atoms with E-state index < -0.39 is 22.3 Å². The number of nitrogens with two attached hydrogens (primary N) is 1. The molecular formula is C21H25N5O5S. The second kappa shape index (κ2) is 11.4. The third kappa shape index (κ3) is 7.76. The molecule has 1 amide bonds. The first kappa shape index (κ1) is 23.4. The Balaban J connectivity index is 1.62. The van der Waals surface area contributed by atoms with Gasteiger partial charge in [0.1, 0.15) is 12.6 Å².